The second-order valence-corrected chi connectivity index (χ2v) is 6.37. The van der Waals surface area contributed by atoms with E-state index in [1.807, 2.05) is 39.8 Å². The molecule has 128 valence electrons. The van der Waals surface area contributed by atoms with Crippen LogP contribution in [0.4, 0.5) is 11.6 Å². The molecule has 0 aliphatic heterocycles. The first-order chi connectivity index (χ1) is 11.2. The number of hydrogen-bond donors (Lipinski definition) is 2. The molecule has 1 heterocycles. The summed E-state index contributed by atoms with van der Waals surface area (Å²) in [5.41, 5.74) is 3.40. The zero-order chi connectivity index (χ0) is 17.9. The van der Waals surface area contributed by atoms with E-state index >= 15 is 0 Å². The molecule has 0 spiro atoms. The summed E-state index contributed by atoms with van der Waals surface area (Å²) in [6.07, 6.45) is 0. The van der Waals surface area contributed by atoms with Crippen molar-refractivity contribution in [3.8, 4) is 0 Å². The molecule has 0 aliphatic carbocycles. The molecule has 2 N–H and O–H groups in total. The van der Waals surface area contributed by atoms with Crippen LogP contribution in [0.15, 0.2) is 29.1 Å². The van der Waals surface area contributed by atoms with E-state index in [1.165, 1.54) is 10.6 Å². The van der Waals surface area contributed by atoms with Gasteiger partial charge in [0.05, 0.1) is 0 Å². The zero-order valence-corrected chi connectivity index (χ0v) is 14.8. The molecule has 1 amide bonds. The quantitative estimate of drug-likeness (QED) is 0.884. The van der Waals surface area contributed by atoms with E-state index < -0.39 is 0 Å². The Morgan fingerprint density at radius 1 is 1.12 bits per heavy atom. The Morgan fingerprint density at radius 2 is 1.75 bits per heavy atom. The number of carbonyl (C=O) groups is 1. The molecule has 1 aromatic carbocycles. The van der Waals surface area contributed by atoms with E-state index in [-0.39, 0.29) is 24.1 Å². The van der Waals surface area contributed by atoms with Crippen LogP contribution in [0, 0.1) is 20.8 Å². The standard InChI is InChI=1S/C18H24N4O2/c1-11(2)19-16(23)10-22-17(24)9-14(5)20-18(22)21-15-7-12(3)6-13(4)8-15/h6-9,11H,10H2,1-5H3,(H,19,23)(H,20,21). The van der Waals surface area contributed by atoms with Gasteiger partial charge in [0.2, 0.25) is 11.9 Å². The van der Waals surface area contributed by atoms with Crippen molar-refractivity contribution in [2.75, 3.05) is 5.32 Å². The normalized spacial score (nSPS) is 10.8. The van der Waals surface area contributed by atoms with Gasteiger partial charge in [0.25, 0.3) is 5.56 Å². The number of aromatic nitrogens is 2. The number of carbonyl (C=O) groups excluding carboxylic acids is 1. The lowest BCUT2D eigenvalue weighted by Gasteiger charge is -2.15. The van der Waals surface area contributed by atoms with Crippen molar-refractivity contribution < 1.29 is 4.79 Å². The zero-order valence-electron chi connectivity index (χ0n) is 14.8. The maximum Gasteiger partial charge on any atom is 0.255 e. The molecule has 0 bridgehead atoms. The summed E-state index contributed by atoms with van der Waals surface area (Å²) in [5, 5.41) is 5.95. The Bertz CT molecular complexity index is 789. The van der Waals surface area contributed by atoms with E-state index in [1.54, 1.807) is 6.92 Å². The number of nitrogens with zero attached hydrogens (tertiary/aromatic N) is 2. The number of hydrogen-bond acceptors (Lipinski definition) is 4. The van der Waals surface area contributed by atoms with Crippen molar-refractivity contribution in [3.05, 3.63) is 51.4 Å². The van der Waals surface area contributed by atoms with Crippen LogP contribution in [0.25, 0.3) is 0 Å². The predicted octanol–water partition coefficient (Wildman–Crippen LogP) is 2.44. The third-order valence-corrected chi connectivity index (χ3v) is 3.37. The van der Waals surface area contributed by atoms with Crippen molar-refractivity contribution in [1.82, 2.24) is 14.9 Å². The molecule has 1 aromatic heterocycles. The van der Waals surface area contributed by atoms with Gasteiger partial charge in [-0.15, -0.1) is 0 Å². The SMILES string of the molecule is Cc1cc(C)cc(Nc2nc(C)cc(=O)n2CC(=O)NC(C)C)c1. The monoisotopic (exact) mass is 328 g/mol. The summed E-state index contributed by atoms with van der Waals surface area (Å²) in [6, 6.07) is 7.45. The molecule has 0 fully saturated rings. The molecular formula is C18H24N4O2. The molecule has 0 atom stereocenters. The van der Waals surface area contributed by atoms with Gasteiger partial charge >= 0.3 is 0 Å². The Labute approximate surface area is 141 Å². The molecule has 0 saturated heterocycles. The van der Waals surface area contributed by atoms with Crippen molar-refractivity contribution >= 4 is 17.5 Å². The second kappa shape index (κ2) is 7.29. The molecule has 6 heteroatoms. The lowest BCUT2D eigenvalue weighted by atomic mass is 10.1. The van der Waals surface area contributed by atoms with Crippen molar-refractivity contribution in [1.29, 1.82) is 0 Å². The highest BCUT2D eigenvalue weighted by atomic mass is 16.2. The van der Waals surface area contributed by atoms with Crippen LogP contribution in [0.5, 0.6) is 0 Å². The molecule has 0 saturated carbocycles. The molecule has 6 nitrogen and oxygen atoms in total. The van der Waals surface area contributed by atoms with E-state index in [9.17, 15) is 9.59 Å². The fourth-order valence-electron chi connectivity index (χ4n) is 2.56. The first kappa shape index (κ1) is 17.7. The second-order valence-electron chi connectivity index (χ2n) is 6.37. The Hall–Kier alpha value is -2.63. The van der Waals surface area contributed by atoms with Gasteiger partial charge in [-0.1, -0.05) is 6.07 Å². The Kier molecular flexibility index (Phi) is 5.39. The summed E-state index contributed by atoms with van der Waals surface area (Å²) in [7, 11) is 0. The van der Waals surface area contributed by atoms with Crippen LogP contribution in [0.3, 0.4) is 0 Å². The third kappa shape index (κ3) is 4.68. The van der Waals surface area contributed by atoms with E-state index in [4.69, 9.17) is 0 Å². The minimum Gasteiger partial charge on any atom is -0.352 e. The predicted molar refractivity (Wildman–Crippen MR) is 95.7 cm³/mol. The van der Waals surface area contributed by atoms with Crippen LogP contribution in [0.1, 0.15) is 30.7 Å². The van der Waals surface area contributed by atoms with Crippen molar-refractivity contribution in [2.45, 2.75) is 47.2 Å². The van der Waals surface area contributed by atoms with Gasteiger partial charge in [0.15, 0.2) is 0 Å². The average Bonchev–Trinajstić information content (AvgIpc) is 2.40. The van der Waals surface area contributed by atoms with Gasteiger partial charge in [-0.2, -0.15) is 0 Å². The average molecular weight is 328 g/mol. The van der Waals surface area contributed by atoms with Crippen LogP contribution in [-0.2, 0) is 11.3 Å². The number of benzene rings is 1. The fraction of sp³-hybridized carbons (Fsp3) is 0.389. The molecule has 2 rings (SSSR count). The van der Waals surface area contributed by atoms with Crippen LogP contribution in [-0.4, -0.2) is 21.5 Å². The topological polar surface area (TPSA) is 76.0 Å². The minimum absolute atomic E-state index is 0.0161. The van der Waals surface area contributed by atoms with E-state index in [2.05, 4.69) is 21.7 Å². The summed E-state index contributed by atoms with van der Waals surface area (Å²) in [4.78, 5) is 28.7. The highest BCUT2D eigenvalue weighted by molar-refractivity contribution is 5.76. The number of rotatable bonds is 5. The van der Waals surface area contributed by atoms with E-state index in [0.29, 0.717) is 11.6 Å². The first-order valence-electron chi connectivity index (χ1n) is 7.98. The maximum absolute atomic E-state index is 12.3. The lowest BCUT2D eigenvalue weighted by molar-refractivity contribution is -0.122. The molecule has 0 radical (unpaired) electrons. The number of nitrogens with one attached hydrogen (secondary N) is 2. The van der Waals surface area contributed by atoms with Crippen molar-refractivity contribution in [3.63, 3.8) is 0 Å². The molecule has 2 aromatic rings. The van der Waals surface area contributed by atoms with Crippen LogP contribution < -0.4 is 16.2 Å². The van der Waals surface area contributed by atoms with Gasteiger partial charge in [-0.3, -0.25) is 14.2 Å². The lowest BCUT2D eigenvalue weighted by Crippen LogP contribution is -2.37. The fourth-order valence-corrected chi connectivity index (χ4v) is 2.56. The summed E-state index contributed by atoms with van der Waals surface area (Å²) in [6.45, 7) is 9.45. The van der Waals surface area contributed by atoms with Crippen LogP contribution in [0.2, 0.25) is 0 Å². The van der Waals surface area contributed by atoms with Gasteiger partial charge in [-0.25, -0.2) is 4.98 Å². The number of amides is 1. The molecule has 0 unspecified atom stereocenters. The van der Waals surface area contributed by atoms with Crippen LogP contribution >= 0.6 is 0 Å². The summed E-state index contributed by atoms with van der Waals surface area (Å²) >= 11 is 0. The summed E-state index contributed by atoms with van der Waals surface area (Å²) < 4.78 is 1.35. The third-order valence-electron chi connectivity index (χ3n) is 3.37. The summed E-state index contributed by atoms with van der Waals surface area (Å²) in [5.74, 6) is 0.144. The smallest absolute Gasteiger partial charge is 0.255 e. The molecule has 24 heavy (non-hydrogen) atoms. The van der Waals surface area contributed by atoms with Gasteiger partial charge in [-0.05, 0) is 57.9 Å². The highest BCUT2D eigenvalue weighted by Crippen LogP contribution is 2.18. The minimum atomic E-state index is -0.256. The maximum atomic E-state index is 12.3. The highest BCUT2D eigenvalue weighted by Gasteiger charge is 2.12. The molecular weight excluding hydrogens is 304 g/mol. The van der Waals surface area contributed by atoms with Crippen molar-refractivity contribution in [2.24, 2.45) is 0 Å². The first-order valence-corrected chi connectivity index (χ1v) is 7.98. The number of anilines is 2. The Morgan fingerprint density at radius 3 is 2.33 bits per heavy atom. The molecule has 0 aliphatic rings. The van der Waals surface area contributed by atoms with Gasteiger partial charge < -0.3 is 10.6 Å². The number of aryl methyl sites for hydroxylation is 3. The Balaban J connectivity index is 2.37. The van der Waals surface area contributed by atoms with Gasteiger partial charge in [0, 0.05) is 23.5 Å². The largest absolute Gasteiger partial charge is 0.352 e. The van der Waals surface area contributed by atoms with Gasteiger partial charge in [0.1, 0.15) is 6.54 Å². The van der Waals surface area contributed by atoms with E-state index in [0.717, 1.165) is 16.8 Å².